The minimum Gasteiger partial charge on any atom is -0.506 e. The van der Waals surface area contributed by atoms with Gasteiger partial charge in [0.05, 0.1) is 5.69 Å². The Hall–Kier alpha value is -1.90. The molecule has 0 saturated heterocycles. The van der Waals surface area contributed by atoms with Crippen LogP contribution in [0.5, 0.6) is 5.75 Å². The third-order valence-corrected chi connectivity index (χ3v) is 1.38. The summed E-state index contributed by atoms with van der Waals surface area (Å²) < 4.78 is 24.0. The monoisotopic (exact) mass is 186 g/mol. The van der Waals surface area contributed by atoms with Gasteiger partial charge in [-0.25, -0.2) is 8.78 Å². The van der Waals surface area contributed by atoms with Crippen LogP contribution < -0.4 is 5.56 Å². The molecule has 0 aliphatic carbocycles. The van der Waals surface area contributed by atoms with Gasteiger partial charge >= 0.3 is 0 Å². The number of aromatic nitrogens is 1. The van der Waals surface area contributed by atoms with Crippen LogP contribution in [0, 0.1) is 11.3 Å². The average molecular weight is 186 g/mol. The Morgan fingerprint density at radius 1 is 1.62 bits per heavy atom. The van der Waals surface area contributed by atoms with Gasteiger partial charge in [-0.05, 0) is 0 Å². The van der Waals surface area contributed by atoms with E-state index in [0.717, 1.165) is 0 Å². The van der Waals surface area contributed by atoms with Crippen LogP contribution in [0.3, 0.4) is 0 Å². The van der Waals surface area contributed by atoms with E-state index in [9.17, 15) is 13.6 Å². The van der Waals surface area contributed by atoms with Crippen molar-refractivity contribution >= 4 is 0 Å². The van der Waals surface area contributed by atoms with Crippen molar-refractivity contribution in [2.24, 2.45) is 0 Å². The first kappa shape index (κ1) is 9.19. The number of nitrogens with zero attached hydrogens (tertiary/aromatic N) is 1. The van der Waals surface area contributed by atoms with Gasteiger partial charge in [-0.1, -0.05) is 0 Å². The van der Waals surface area contributed by atoms with E-state index in [1.54, 1.807) is 4.98 Å². The third kappa shape index (κ3) is 1.64. The Morgan fingerprint density at radius 3 is 2.62 bits per heavy atom. The summed E-state index contributed by atoms with van der Waals surface area (Å²) in [6.45, 7) is 0. The lowest BCUT2D eigenvalue weighted by Gasteiger charge is -2.00. The van der Waals surface area contributed by atoms with Crippen molar-refractivity contribution in [3.05, 3.63) is 27.7 Å². The fourth-order valence-electron chi connectivity index (χ4n) is 0.791. The predicted octanol–water partition coefficient (Wildman–Crippen LogP) is 0.890. The number of aromatic amines is 1. The molecular weight excluding hydrogens is 182 g/mol. The van der Waals surface area contributed by atoms with Crippen LogP contribution in [-0.4, -0.2) is 10.1 Å². The molecule has 0 fully saturated rings. The van der Waals surface area contributed by atoms with Crippen LogP contribution in [0.4, 0.5) is 8.78 Å². The maximum atomic E-state index is 12.0. The van der Waals surface area contributed by atoms with E-state index in [1.165, 1.54) is 6.07 Å². The molecule has 0 aromatic carbocycles. The SMILES string of the molecule is N#Cc1c(O)cc(C(F)F)[nH]c1=O. The number of halogens is 2. The Bertz CT molecular complexity index is 419. The molecule has 1 aromatic heterocycles. The molecular formula is C7H4F2N2O2. The molecule has 1 rings (SSSR count). The van der Waals surface area contributed by atoms with Crippen molar-refractivity contribution in [3.8, 4) is 11.8 Å². The first-order valence-electron chi connectivity index (χ1n) is 3.20. The second-order valence-electron chi connectivity index (χ2n) is 2.23. The average Bonchev–Trinajstić information content (AvgIpc) is 2.03. The van der Waals surface area contributed by atoms with Gasteiger partial charge in [0.1, 0.15) is 11.8 Å². The van der Waals surface area contributed by atoms with Gasteiger partial charge in [0.2, 0.25) is 0 Å². The first-order chi connectivity index (χ1) is 6.06. The van der Waals surface area contributed by atoms with Crippen molar-refractivity contribution in [1.29, 1.82) is 5.26 Å². The third-order valence-electron chi connectivity index (χ3n) is 1.38. The first-order valence-corrected chi connectivity index (χ1v) is 3.20. The zero-order valence-electron chi connectivity index (χ0n) is 6.21. The highest BCUT2D eigenvalue weighted by molar-refractivity contribution is 5.40. The molecule has 2 N–H and O–H groups in total. The predicted molar refractivity (Wildman–Crippen MR) is 38.4 cm³/mol. The molecule has 1 aromatic rings. The number of rotatable bonds is 1. The van der Waals surface area contributed by atoms with Crippen LogP contribution in [0.2, 0.25) is 0 Å². The van der Waals surface area contributed by atoms with Gasteiger partial charge in [-0.2, -0.15) is 5.26 Å². The number of H-pyrrole nitrogens is 1. The fourth-order valence-corrected chi connectivity index (χ4v) is 0.791. The van der Waals surface area contributed by atoms with Crippen LogP contribution in [-0.2, 0) is 0 Å². The van der Waals surface area contributed by atoms with Crippen LogP contribution in [0.25, 0.3) is 0 Å². The Balaban J connectivity index is 3.40. The summed E-state index contributed by atoms with van der Waals surface area (Å²) in [7, 11) is 0. The summed E-state index contributed by atoms with van der Waals surface area (Å²) in [5.41, 5.74) is -2.29. The van der Waals surface area contributed by atoms with E-state index < -0.39 is 29.0 Å². The molecule has 68 valence electrons. The molecule has 0 unspecified atom stereocenters. The highest BCUT2D eigenvalue weighted by atomic mass is 19.3. The summed E-state index contributed by atoms with van der Waals surface area (Å²) in [5, 5.41) is 17.3. The zero-order valence-corrected chi connectivity index (χ0v) is 6.21. The van der Waals surface area contributed by atoms with E-state index in [0.29, 0.717) is 6.07 Å². The maximum absolute atomic E-state index is 12.0. The van der Waals surface area contributed by atoms with Crippen molar-refractivity contribution < 1.29 is 13.9 Å². The summed E-state index contributed by atoms with van der Waals surface area (Å²) >= 11 is 0. The highest BCUT2D eigenvalue weighted by Crippen LogP contribution is 2.20. The Labute approximate surface area is 71.1 Å². The highest BCUT2D eigenvalue weighted by Gasteiger charge is 2.13. The number of pyridine rings is 1. The van der Waals surface area contributed by atoms with Crippen molar-refractivity contribution in [3.63, 3.8) is 0 Å². The summed E-state index contributed by atoms with van der Waals surface area (Å²) in [6.07, 6.45) is -2.88. The number of nitriles is 1. The summed E-state index contributed by atoms with van der Waals surface area (Å²) in [5.74, 6) is -0.735. The topological polar surface area (TPSA) is 76.9 Å². The van der Waals surface area contributed by atoms with Gasteiger partial charge in [-0.3, -0.25) is 4.79 Å². The summed E-state index contributed by atoms with van der Waals surface area (Å²) in [6, 6.07) is 2.05. The molecule has 0 spiro atoms. The maximum Gasteiger partial charge on any atom is 0.278 e. The van der Waals surface area contributed by atoms with Crippen molar-refractivity contribution in [2.45, 2.75) is 6.43 Å². The lowest BCUT2D eigenvalue weighted by Crippen LogP contribution is -2.12. The van der Waals surface area contributed by atoms with E-state index in [-0.39, 0.29) is 0 Å². The van der Waals surface area contributed by atoms with Crippen LogP contribution in [0.15, 0.2) is 10.9 Å². The van der Waals surface area contributed by atoms with E-state index in [4.69, 9.17) is 10.4 Å². The number of hydrogen-bond acceptors (Lipinski definition) is 3. The lowest BCUT2D eigenvalue weighted by molar-refractivity contribution is 0.145. The molecule has 0 radical (unpaired) electrons. The standard InChI is InChI=1S/C7H4F2N2O2/c8-6(9)4-1-5(12)3(2-10)7(13)11-4/h1,6H,(H2,11,12,13). The normalized spacial score (nSPS) is 10.0. The zero-order chi connectivity index (χ0) is 10.0. The van der Waals surface area contributed by atoms with Crippen molar-refractivity contribution in [2.75, 3.05) is 0 Å². The summed E-state index contributed by atoms with van der Waals surface area (Å²) in [4.78, 5) is 12.6. The van der Waals surface area contributed by atoms with Gasteiger partial charge < -0.3 is 10.1 Å². The van der Waals surface area contributed by atoms with E-state index in [1.807, 2.05) is 0 Å². The largest absolute Gasteiger partial charge is 0.506 e. The van der Waals surface area contributed by atoms with Gasteiger partial charge in [0, 0.05) is 6.07 Å². The molecule has 0 bridgehead atoms. The van der Waals surface area contributed by atoms with Crippen LogP contribution >= 0.6 is 0 Å². The quantitative estimate of drug-likeness (QED) is 0.683. The van der Waals surface area contributed by atoms with Crippen LogP contribution in [0.1, 0.15) is 17.7 Å². The van der Waals surface area contributed by atoms with Gasteiger partial charge in [0.15, 0.2) is 5.56 Å². The molecule has 13 heavy (non-hydrogen) atoms. The Morgan fingerprint density at radius 2 is 2.23 bits per heavy atom. The smallest absolute Gasteiger partial charge is 0.278 e. The minimum absolute atomic E-state index is 0.565. The molecule has 0 aliphatic heterocycles. The van der Waals surface area contributed by atoms with E-state index >= 15 is 0 Å². The Kier molecular flexibility index (Phi) is 2.28. The van der Waals surface area contributed by atoms with Gasteiger partial charge in [0.25, 0.3) is 12.0 Å². The second kappa shape index (κ2) is 3.23. The molecule has 1 heterocycles. The second-order valence-corrected chi connectivity index (χ2v) is 2.23. The fraction of sp³-hybridized carbons (Fsp3) is 0.143. The molecule has 6 heteroatoms. The molecule has 0 aliphatic rings. The number of hydrogen-bond donors (Lipinski definition) is 2. The molecule has 4 nitrogen and oxygen atoms in total. The molecule has 0 atom stereocenters. The molecule has 0 amide bonds. The minimum atomic E-state index is -2.88. The van der Waals surface area contributed by atoms with Gasteiger partial charge in [-0.15, -0.1) is 0 Å². The van der Waals surface area contributed by atoms with Crippen molar-refractivity contribution in [1.82, 2.24) is 4.98 Å². The number of aromatic hydroxyl groups is 1. The number of alkyl halides is 2. The molecule has 0 saturated carbocycles. The number of nitrogens with one attached hydrogen (secondary N) is 1. The van der Waals surface area contributed by atoms with E-state index in [2.05, 4.69) is 0 Å². The lowest BCUT2D eigenvalue weighted by atomic mass is 10.2.